The molecular weight excluding hydrogens is 328 g/mol. The van der Waals surface area contributed by atoms with E-state index in [1.54, 1.807) is 7.11 Å². The number of benzene rings is 2. The normalized spacial score (nSPS) is 19.6. The van der Waals surface area contributed by atoms with E-state index in [9.17, 15) is 9.59 Å². The lowest BCUT2D eigenvalue weighted by Gasteiger charge is -2.27. The van der Waals surface area contributed by atoms with E-state index < -0.39 is 5.54 Å². The van der Waals surface area contributed by atoms with Crippen molar-refractivity contribution in [1.82, 2.24) is 10.2 Å². The summed E-state index contributed by atoms with van der Waals surface area (Å²) in [4.78, 5) is 27.3. The number of urea groups is 1. The second kappa shape index (κ2) is 7.20. The van der Waals surface area contributed by atoms with Crippen LogP contribution in [0.4, 0.5) is 4.79 Å². The minimum absolute atomic E-state index is 0.188. The maximum atomic E-state index is 13.3. The predicted molar refractivity (Wildman–Crippen MR) is 99.8 cm³/mol. The molecule has 0 aliphatic carbocycles. The summed E-state index contributed by atoms with van der Waals surface area (Å²) >= 11 is 0. The van der Waals surface area contributed by atoms with E-state index in [0.717, 1.165) is 23.1 Å². The van der Waals surface area contributed by atoms with Crippen molar-refractivity contribution in [2.45, 2.75) is 38.8 Å². The van der Waals surface area contributed by atoms with Gasteiger partial charge in [0, 0.05) is 5.56 Å². The Morgan fingerprint density at radius 1 is 1.12 bits per heavy atom. The van der Waals surface area contributed by atoms with E-state index in [1.807, 2.05) is 62.4 Å². The number of aryl methyl sites for hydroxylation is 1. The maximum Gasteiger partial charge on any atom is 0.325 e. The van der Waals surface area contributed by atoms with Crippen LogP contribution < -0.4 is 10.1 Å². The molecule has 0 bridgehead atoms. The molecule has 26 heavy (non-hydrogen) atoms. The third-order valence-corrected chi connectivity index (χ3v) is 4.83. The summed E-state index contributed by atoms with van der Waals surface area (Å²) in [6.07, 6.45) is 1.34. The van der Waals surface area contributed by atoms with Crippen molar-refractivity contribution in [3.63, 3.8) is 0 Å². The first-order chi connectivity index (χ1) is 12.5. The van der Waals surface area contributed by atoms with Crippen molar-refractivity contribution in [3.8, 4) is 5.75 Å². The molecule has 3 amide bonds. The molecule has 1 heterocycles. The molecule has 0 saturated carbocycles. The van der Waals surface area contributed by atoms with E-state index >= 15 is 0 Å². The Kier molecular flexibility index (Phi) is 4.98. The van der Waals surface area contributed by atoms with Crippen LogP contribution in [0.15, 0.2) is 48.5 Å². The van der Waals surface area contributed by atoms with Gasteiger partial charge in [-0.2, -0.15) is 0 Å². The lowest BCUT2D eigenvalue weighted by atomic mass is 9.85. The van der Waals surface area contributed by atoms with E-state index in [-0.39, 0.29) is 18.5 Å². The van der Waals surface area contributed by atoms with Gasteiger partial charge in [-0.15, -0.1) is 0 Å². The summed E-state index contributed by atoms with van der Waals surface area (Å²) < 4.78 is 5.40. The number of carbonyl (C=O) groups is 2. The number of hydrogen-bond acceptors (Lipinski definition) is 3. The smallest absolute Gasteiger partial charge is 0.325 e. The summed E-state index contributed by atoms with van der Waals surface area (Å²) in [5, 5.41) is 2.95. The molecule has 0 radical (unpaired) electrons. The average Bonchev–Trinajstić information content (AvgIpc) is 2.88. The molecule has 2 aromatic rings. The average molecular weight is 352 g/mol. The molecule has 3 rings (SSSR count). The molecule has 1 aliphatic rings. The van der Waals surface area contributed by atoms with Crippen LogP contribution in [0, 0.1) is 6.92 Å². The zero-order valence-corrected chi connectivity index (χ0v) is 15.4. The molecular formula is C21H24N2O3. The third kappa shape index (κ3) is 3.05. The zero-order chi connectivity index (χ0) is 18.7. The monoisotopic (exact) mass is 352 g/mol. The molecule has 0 unspecified atom stereocenters. The largest absolute Gasteiger partial charge is 0.496 e. The van der Waals surface area contributed by atoms with Gasteiger partial charge in [-0.05, 0) is 25.0 Å². The highest BCUT2D eigenvalue weighted by atomic mass is 16.5. The van der Waals surface area contributed by atoms with Gasteiger partial charge in [0.05, 0.1) is 13.7 Å². The summed E-state index contributed by atoms with van der Waals surface area (Å²) in [6.45, 7) is 4.17. The first-order valence-electron chi connectivity index (χ1n) is 8.85. The Morgan fingerprint density at radius 3 is 2.50 bits per heavy atom. The van der Waals surface area contributed by atoms with Gasteiger partial charge in [0.2, 0.25) is 0 Å². The molecule has 2 aromatic carbocycles. The highest BCUT2D eigenvalue weighted by Crippen LogP contribution is 2.35. The van der Waals surface area contributed by atoms with Gasteiger partial charge < -0.3 is 10.1 Å². The molecule has 0 aromatic heterocycles. The number of rotatable bonds is 6. The Morgan fingerprint density at radius 2 is 1.85 bits per heavy atom. The number of hydrogen-bond donors (Lipinski definition) is 1. The number of methoxy groups -OCH3 is 1. The van der Waals surface area contributed by atoms with E-state index in [2.05, 4.69) is 5.32 Å². The van der Waals surface area contributed by atoms with Gasteiger partial charge in [0.25, 0.3) is 5.91 Å². The fraction of sp³-hybridized carbons (Fsp3) is 0.333. The lowest BCUT2D eigenvalue weighted by Crippen LogP contribution is -2.43. The number of ether oxygens (including phenoxy) is 1. The first-order valence-corrected chi connectivity index (χ1v) is 8.85. The second-order valence-electron chi connectivity index (χ2n) is 6.66. The Labute approximate surface area is 154 Å². The van der Waals surface area contributed by atoms with Crippen LogP contribution in [-0.2, 0) is 16.9 Å². The maximum absolute atomic E-state index is 13.3. The summed E-state index contributed by atoms with van der Waals surface area (Å²) in [5.41, 5.74) is 1.69. The van der Waals surface area contributed by atoms with Crippen LogP contribution in [0.3, 0.4) is 0 Å². The van der Waals surface area contributed by atoms with Gasteiger partial charge in [0.1, 0.15) is 11.3 Å². The number of amides is 3. The van der Waals surface area contributed by atoms with Gasteiger partial charge in [0.15, 0.2) is 0 Å². The van der Waals surface area contributed by atoms with Crippen molar-refractivity contribution in [2.75, 3.05) is 7.11 Å². The van der Waals surface area contributed by atoms with E-state index in [1.165, 1.54) is 4.90 Å². The summed E-state index contributed by atoms with van der Waals surface area (Å²) in [7, 11) is 1.59. The van der Waals surface area contributed by atoms with Crippen molar-refractivity contribution in [1.29, 1.82) is 0 Å². The van der Waals surface area contributed by atoms with Crippen molar-refractivity contribution in [2.24, 2.45) is 0 Å². The number of carbonyl (C=O) groups excluding carboxylic acids is 2. The number of imide groups is 1. The predicted octanol–water partition coefficient (Wildman–Crippen LogP) is 3.75. The molecule has 136 valence electrons. The zero-order valence-electron chi connectivity index (χ0n) is 15.4. The minimum Gasteiger partial charge on any atom is -0.496 e. The molecule has 1 fully saturated rings. The Hall–Kier alpha value is -2.82. The molecule has 5 heteroatoms. The fourth-order valence-electron chi connectivity index (χ4n) is 3.58. The van der Waals surface area contributed by atoms with E-state index in [0.29, 0.717) is 12.2 Å². The van der Waals surface area contributed by atoms with Crippen LogP contribution in [0.25, 0.3) is 0 Å². The standard InChI is InChI=1S/C21H24N2O3/c1-4-12-21(17-8-6-5-7-9-17)19(24)23(20(25)22-21)14-16-13-15(2)10-11-18(16)26-3/h5-11,13H,4,12,14H2,1-3H3,(H,22,25)/t21-/m0/s1. The summed E-state index contributed by atoms with van der Waals surface area (Å²) in [5.74, 6) is 0.461. The Bertz CT molecular complexity index is 819. The van der Waals surface area contributed by atoms with Crippen LogP contribution in [0.1, 0.15) is 36.5 Å². The number of nitrogens with one attached hydrogen (secondary N) is 1. The van der Waals surface area contributed by atoms with E-state index in [4.69, 9.17) is 4.74 Å². The van der Waals surface area contributed by atoms with Crippen LogP contribution in [0.5, 0.6) is 5.75 Å². The molecule has 5 nitrogen and oxygen atoms in total. The molecule has 0 spiro atoms. The van der Waals surface area contributed by atoms with Crippen LogP contribution in [0.2, 0.25) is 0 Å². The molecule has 1 aliphatic heterocycles. The Balaban J connectivity index is 1.97. The van der Waals surface area contributed by atoms with Gasteiger partial charge in [-0.3, -0.25) is 9.69 Å². The highest BCUT2D eigenvalue weighted by molar-refractivity contribution is 6.07. The SMILES string of the molecule is CCC[C@@]1(c2ccccc2)NC(=O)N(Cc2cc(C)ccc2OC)C1=O. The lowest BCUT2D eigenvalue weighted by molar-refractivity contribution is -0.132. The fourth-order valence-corrected chi connectivity index (χ4v) is 3.58. The van der Waals surface area contributed by atoms with Gasteiger partial charge in [-0.1, -0.05) is 61.4 Å². The van der Waals surface area contributed by atoms with Crippen LogP contribution >= 0.6 is 0 Å². The first kappa shape index (κ1) is 18.0. The molecule has 1 saturated heterocycles. The van der Waals surface area contributed by atoms with Gasteiger partial charge in [-0.25, -0.2) is 4.79 Å². The minimum atomic E-state index is -0.996. The quantitative estimate of drug-likeness (QED) is 0.806. The summed E-state index contributed by atoms with van der Waals surface area (Å²) in [6, 6.07) is 14.9. The molecule has 1 atom stereocenters. The van der Waals surface area contributed by atoms with Crippen molar-refractivity contribution >= 4 is 11.9 Å². The molecule has 1 N–H and O–H groups in total. The second-order valence-corrected chi connectivity index (χ2v) is 6.66. The van der Waals surface area contributed by atoms with Crippen molar-refractivity contribution in [3.05, 3.63) is 65.2 Å². The van der Waals surface area contributed by atoms with Gasteiger partial charge >= 0.3 is 6.03 Å². The number of nitrogens with zero attached hydrogens (tertiary/aromatic N) is 1. The highest BCUT2D eigenvalue weighted by Gasteiger charge is 2.51. The topological polar surface area (TPSA) is 58.6 Å². The van der Waals surface area contributed by atoms with Crippen molar-refractivity contribution < 1.29 is 14.3 Å². The third-order valence-electron chi connectivity index (χ3n) is 4.83. The van der Waals surface area contributed by atoms with Crippen LogP contribution in [-0.4, -0.2) is 23.9 Å².